The number of alkyl halides is 2. The van der Waals surface area contributed by atoms with Gasteiger partial charge >= 0.3 is 6.61 Å². The van der Waals surface area contributed by atoms with Gasteiger partial charge in [0.25, 0.3) is 11.6 Å². The standard InChI is InChI=1S/C21H23F2N3O4/c1-24(14-15-5-8-17(9-6-15)30-21(22)23)20(27)18-13-16(26(28)29)7-10-19(18)25-11-3-2-4-12-25/h5-10,13,21H,2-4,11-12,14H2,1H3. The monoisotopic (exact) mass is 419 g/mol. The average molecular weight is 419 g/mol. The summed E-state index contributed by atoms with van der Waals surface area (Å²) in [6.07, 6.45) is 3.14. The van der Waals surface area contributed by atoms with Crippen LogP contribution in [-0.2, 0) is 6.54 Å². The Morgan fingerprint density at radius 3 is 2.43 bits per heavy atom. The summed E-state index contributed by atoms with van der Waals surface area (Å²) >= 11 is 0. The molecule has 0 spiro atoms. The summed E-state index contributed by atoms with van der Waals surface area (Å²) in [4.78, 5) is 27.4. The molecule has 0 radical (unpaired) electrons. The van der Waals surface area contributed by atoms with E-state index in [1.165, 1.54) is 29.2 Å². The fourth-order valence-corrected chi connectivity index (χ4v) is 3.55. The second kappa shape index (κ2) is 9.51. The molecule has 1 fully saturated rings. The molecule has 7 nitrogen and oxygen atoms in total. The first-order valence-corrected chi connectivity index (χ1v) is 9.68. The first-order valence-electron chi connectivity index (χ1n) is 9.68. The number of carbonyl (C=O) groups excluding carboxylic acids is 1. The van der Waals surface area contributed by atoms with Gasteiger partial charge in [0.1, 0.15) is 5.75 Å². The van der Waals surface area contributed by atoms with Crippen molar-refractivity contribution >= 4 is 17.3 Å². The number of rotatable bonds is 7. The molecular formula is C21H23F2N3O4. The van der Waals surface area contributed by atoms with E-state index in [0.29, 0.717) is 5.69 Å². The van der Waals surface area contributed by atoms with Crippen LogP contribution < -0.4 is 9.64 Å². The van der Waals surface area contributed by atoms with Crippen LogP contribution >= 0.6 is 0 Å². The molecule has 0 N–H and O–H groups in total. The van der Waals surface area contributed by atoms with E-state index < -0.39 is 11.5 Å². The quantitative estimate of drug-likeness (QED) is 0.489. The maximum atomic E-state index is 13.2. The molecule has 1 amide bonds. The summed E-state index contributed by atoms with van der Waals surface area (Å²) in [5.41, 5.74) is 1.56. The van der Waals surface area contributed by atoms with Gasteiger partial charge in [-0.15, -0.1) is 0 Å². The summed E-state index contributed by atoms with van der Waals surface area (Å²) in [6.45, 7) is -1.08. The van der Waals surface area contributed by atoms with E-state index in [9.17, 15) is 23.7 Å². The highest BCUT2D eigenvalue weighted by molar-refractivity contribution is 6.00. The molecule has 0 unspecified atom stereocenters. The Bertz CT molecular complexity index is 900. The largest absolute Gasteiger partial charge is 0.435 e. The van der Waals surface area contributed by atoms with E-state index in [1.54, 1.807) is 25.2 Å². The number of amides is 1. The lowest BCUT2D eigenvalue weighted by Crippen LogP contribution is -2.33. The summed E-state index contributed by atoms with van der Waals surface area (Å²) in [5, 5.41) is 11.2. The number of non-ortho nitro benzene ring substituents is 1. The van der Waals surface area contributed by atoms with Gasteiger partial charge in [0.15, 0.2) is 0 Å². The number of nitro groups is 1. The second-order valence-electron chi connectivity index (χ2n) is 7.19. The SMILES string of the molecule is CN(Cc1ccc(OC(F)F)cc1)C(=O)c1cc([N+](=O)[O-])ccc1N1CCCCC1. The van der Waals surface area contributed by atoms with E-state index >= 15 is 0 Å². The highest BCUT2D eigenvalue weighted by Crippen LogP contribution is 2.29. The molecule has 0 saturated carbocycles. The topological polar surface area (TPSA) is 75.9 Å². The van der Waals surface area contributed by atoms with Gasteiger partial charge in [-0.1, -0.05) is 12.1 Å². The van der Waals surface area contributed by atoms with Crippen LogP contribution in [0.1, 0.15) is 35.2 Å². The molecule has 0 aromatic heterocycles. The van der Waals surface area contributed by atoms with E-state index in [4.69, 9.17) is 0 Å². The molecule has 2 aromatic carbocycles. The number of nitrogens with zero attached hydrogens (tertiary/aromatic N) is 3. The molecule has 2 aromatic rings. The van der Waals surface area contributed by atoms with Crippen LogP contribution in [0.15, 0.2) is 42.5 Å². The Hall–Kier alpha value is -3.23. The predicted octanol–water partition coefficient (Wildman–Crippen LogP) is 4.46. The van der Waals surface area contributed by atoms with E-state index in [1.807, 2.05) is 0 Å². The molecule has 1 aliphatic rings. The predicted molar refractivity (Wildman–Crippen MR) is 108 cm³/mol. The smallest absolute Gasteiger partial charge is 0.387 e. The minimum atomic E-state index is -2.90. The van der Waals surface area contributed by atoms with Crippen molar-refractivity contribution in [2.75, 3.05) is 25.0 Å². The van der Waals surface area contributed by atoms with Crippen LogP contribution in [0, 0.1) is 10.1 Å². The summed E-state index contributed by atoms with van der Waals surface area (Å²) in [7, 11) is 1.60. The first-order chi connectivity index (χ1) is 14.3. The molecule has 9 heteroatoms. The molecule has 30 heavy (non-hydrogen) atoms. The van der Waals surface area contributed by atoms with Gasteiger partial charge in [-0.05, 0) is 43.0 Å². The fraction of sp³-hybridized carbons (Fsp3) is 0.381. The van der Waals surface area contributed by atoms with Crippen LogP contribution in [0.25, 0.3) is 0 Å². The van der Waals surface area contributed by atoms with Crippen molar-refractivity contribution in [3.05, 3.63) is 63.7 Å². The maximum absolute atomic E-state index is 13.2. The molecule has 1 aliphatic heterocycles. The van der Waals surface area contributed by atoms with Crippen LogP contribution in [0.4, 0.5) is 20.2 Å². The van der Waals surface area contributed by atoms with E-state index in [0.717, 1.165) is 37.9 Å². The zero-order valence-electron chi connectivity index (χ0n) is 16.6. The molecule has 0 aliphatic carbocycles. The number of ether oxygens (including phenoxy) is 1. The normalized spacial score (nSPS) is 13.9. The molecular weight excluding hydrogens is 396 g/mol. The third kappa shape index (κ3) is 5.22. The van der Waals surface area contributed by atoms with Crippen molar-refractivity contribution in [3.63, 3.8) is 0 Å². The number of benzene rings is 2. The first kappa shape index (κ1) is 21.5. The fourth-order valence-electron chi connectivity index (χ4n) is 3.55. The Morgan fingerprint density at radius 2 is 1.83 bits per heavy atom. The lowest BCUT2D eigenvalue weighted by molar-refractivity contribution is -0.384. The number of hydrogen-bond donors (Lipinski definition) is 0. The van der Waals surface area contributed by atoms with Crippen LogP contribution in [-0.4, -0.2) is 42.5 Å². The van der Waals surface area contributed by atoms with Crippen molar-refractivity contribution in [1.29, 1.82) is 0 Å². The van der Waals surface area contributed by atoms with E-state index in [2.05, 4.69) is 9.64 Å². The Balaban J connectivity index is 1.81. The van der Waals surface area contributed by atoms with Crippen LogP contribution in [0.5, 0.6) is 5.75 Å². The molecule has 3 rings (SSSR count). The summed E-state index contributed by atoms with van der Waals surface area (Å²) < 4.78 is 28.9. The number of hydrogen-bond acceptors (Lipinski definition) is 5. The zero-order chi connectivity index (χ0) is 21.7. The number of nitro benzene ring substituents is 1. The van der Waals surface area contributed by atoms with Gasteiger partial charge in [0.05, 0.1) is 16.2 Å². The summed E-state index contributed by atoms with van der Waals surface area (Å²) in [5.74, 6) is -0.305. The molecule has 1 saturated heterocycles. The lowest BCUT2D eigenvalue weighted by atomic mass is 10.1. The molecule has 1 heterocycles. The highest BCUT2D eigenvalue weighted by Gasteiger charge is 2.24. The minimum Gasteiger partial charge on any atom is -0.435 e. The van der Waals surface area contributed by atoms with Gasteiger partial charge in [0, 0.05) is 38.8 Å². The third-order valence-electron chi connectivity index (χ3n) is 5.03. The number of carbonyl (C=O) groups is 1. The number of anilines is 1. The van der Waals surface area contributed by atoms with E-state index in [-0.39, 0.29) is 29.5 Å². The van der Waals surface area contributed by atoms with Gasteiger partial charge in [0.2, 0.25) is 0 Å². The number of halogens is 2. The Morgan fingerprint density at radius 1 is 1.17 bits per heavy atom. The van der Waals surface area contributed by atoms with Crippen molar-refractivity contribution < 1.29 is 23.2 Å². The van der Waals surface area contributed by atoms with Crippen molar-refractivity contribution in [2.24, 2.45) is 0 Å². The van der Waals surface area contributed by atoms with Crippen LogP contribution in [0.3, 0.4) is 0 Å². The van der Waals surface area contributed by atoms with Gasteiger partial charge < -0.3 is 14.5 Å². The summed E-state index contributed by atoms with van der Waals surface area (Å²) in [6, 6.07) is 10.4. The highest BCUT2D eigenvalue weighted by atomic mass is 19.3. The molecule has 0 atom stereocenters. The number of piperidine rings is 1. The Kier molecular flexibility index (Phi) is 6.81. The minimum absolute atomic E-state index is 0.0359. The van der Waals surface area contributed by atoms with Gasteiger partial charge in [-0.3, -0.25) is 14.9 Å². The van der Waals surface area contributed by atoms with Crippen molar-refractivity contribution in [2.45, 2.75) is 32.4 Å². The van der Waals surface area contributed by atoms with Gasteiger partial charge in [-0.2, -0.15) is 8.78 Å². The van der Waals surface area contributed by atoms with Crippen molar-refractivity contribution in [1.82, 2.24) is 4.90 Å². The Labute approximate surface area is 173 Å². The average Bonchev–Trinajstić information content (AvgIpc) is 2.74. The lowest BCUT2D eigenvalue weighted by Gasteiger charge is -2.31. The molecule has 160 valence electrons. The van der Waals surface area contributed by atoms with Crippen LogP contribution in [0.2, 0.25) is 0 Å². The molecule has 0 bridgehead atoms. The maximum Gasteiger partial charge on any atom is 0.387 e. The van der Waals surface area contributed by atoms with Crippen molar-refractivity contribution in [3.8, 4) is 5.75 Å². The second-order valence-corrected chi connectivity index (χ2v) is 7.19. The third-order valence-corrected chi connectivity index (χ3v) is 5.03. The zero-order valence-corrected chi connectivity index (χ0v) is 16.6. The van der Waals surface area contributed by atoms with Gasteiger partial charge in [-0.25, -0.2) is 0 Å².